The van der Waals surface area contributed by atoms with E-state index in [0.29, 0.717) is 0 Å². The Bertz CT molecular complexity index is 1030. The van der Waals surface area contributed by atoms with Gasteiger partial charge in [-0.1, -0.05) is 45.7 Å². The minimum Gasteiger partial charge on any atom is -0.339 e. The van der Waals surface area contributed by atoms with Crippen molar-refractivity contribution in [3.05, 3.63) is 88.1 Å². The molecule has 0 saturated heterocycles. The van der Waals surface area contributed by atoms with Crippen molar-refractivity contribution < 1.29 is 0 Å². The molecular weight excluding hydrogens is 442 g/mol. The van der Waals surface area contributed by atoms with Gasteiger partial charge >= 0.3 is 0 Å². The molecule has 0 saturated carbocycles. The molecule has 1 N–H and O–H groups in total. The molecule has 27 heavy (non-hydrogen) atoms. The molecule has 0 atom stereocenters. The fourth-order valence-electron chi connectivity index (χ4n) is 2.67. The van der Waals surface area contributed by atoms with Crippen LogP contribution < -0.4 is 0 Å². The zero-order valence-electron chi connectivity index (χ0n) is 14.2. The van der Waals surface area contributed by atoms with E-state index in [2.05, 4.69) is 38.0 Å². The Kier molecular flexibility index (Phi) is 5.62. The summed E-state index contributed by atoms with van der Waals surface area (Å²) in [6, 6.07) is 21.9. The standard InChI is InChI=1S/C21H15BrClN3S/c22-15-6-4-14(5-7-15)20-19(13-27-17-10-8-16(23)9-11-17)25-21(26-20)18-3-1-2-12-24-18/h1-12H,13H2,(H,25,26). The minimum absolute atomic E-state index is 0.744. The van der Waals surface area contributed by atoms with Gasteiger partial charge in [0.15, 0.2) is 5.82 Å². The van der Waals surface area contributed by atoms with Crippen molar-refractivity contribution in [1.29, 1.82) is 0 Å². The molecule has 134 valence electrons. The zero-order chi connectivity index (χ0) is 18.6. The lowest BCUT2D eigenvalue weighted by atomic mass is 10.1. The van der Waals surface area contributed by atoms with E-state index in [-0.39, 0.29) is 0 Å². The monoisotopic (exact) mass is 455 g/mol. The Morgan fingerprint density at radius 3 is 2.44 bits per heavy atom. The number of benzene rings is 2. The van der Waals surface area contributed by atoms with Crippen molar-refractivity contribution in [2.24, 2.45) is 0 Å². The maximum Gasteiger partial charge on any atom is 0.156 e. The summed E-state index contributed by atoms with van der Waals surface area (Å²) in [5.74, 6) is 1.55. The third-order valence-corrected chi connectivity index (χ3v) is 5.82. The number of aromatic amines is 1. The van der Waals surface area contributed by atoms with Crippen molar-refractivity contribution in [2.75, 3.05) is 0 Å². The molecule has 0 aliphatic carbocycles. The molecule has 2 heterocycles. The van der Waals surface area contributed by atoms with Crippen LogP contribution >= 0.6 is 39.3 Å². The Labute approximate surface area is 175 Å². The lowest BCUT2D eigenvalue weighted by Crippen LogP contribution is -1.87. The van der Waals surface area contributed by atoms with Gasteiger partial charge < -0.3 is 4.98 Å². The smallest absolute Gasteiger partial charge is 0.156 e. The summed E-state index contributed by atoms with van der Waals surface area (Å²) in [6.45, 7) is 0. The molecule has 0 fully saturated rings. The number of nitrogens with one attached hydrogen (secondary N) is 1. The topological polar surface area (TPSA) is 41.6 Å². The van der Waals surface area contributed by atoms with Crippen LogP contribution in [0, 0.1) is 0 Å². The molecule has 0 bridgehead atoms. The number of rotatable bonds is 5. The van der Waals surface area contributed by atoms with Crippen LogP contribution in [0.4, 0.5) is 0 Å². The molecule has 6 heteroatoms. The van der Waals surface area contributed by atoms with Crippen molar-refractivity contribution in [3.8, 4) is 22.8 Å². The van der Waals surface area contributed by atoms with E-state index in [9.17, 15) is 0 Å². The van der Waals surface area contributed by atoms with Crippen LogP contribution in [0.1, 0.15) is 5.69 Å². The number of H-pyrrole nitrogens is 1. The quantitative estimate of drug-likeness (QED) is 0.334. The second kappa shape index (κ2) is 8.30. The van der Waals surface area contributed by atoms with Crippen molar-refractivity contribution >= 4 is 39.3 Å². The summed E-state index contributed by atoms with van der Waals surface area (Å²) in [7, 11) is 0. The van der Waals surface area contributed by atoms with Crippen LogP contribution in [0.3, 0.4) is 0 Å². The van der Waals surface area contributed by atoms with Crippen molar-refractivity contribution in [2.45, 2.75) is 10.6 Å². The lowest BCUT2D eigenvalue weighted by Gasteiger charge is -2.04. The molecule has 0 radical (unpaired) electrons. The summed E-state index contributed by atoms with van der Waals surface area (Å²) >= 11 is 11.2. The molecular formula is C21H15BrClN3S. The number of thioether (sulfide) groups is 1. The van der Waals surface area contributed by atoms with Gasteiger partial charge in [0.05, 0.1) is 11.4 Å². The summed E-state index contributed by atoms with van der Waals surface area (Å²) < 4.78 is 1.05. The molecule has 0 aliphatic heterocycles. The highest BCUT2D eigenvalue weighted by atomic mass is 79.9. The van der Waals surface area contributed by atoms with Crippen molar-refractivity contribution in [3.63, 3.8) is 0 Å². The summed E-state index contributed by atoms with van der Waals surface area (Å²) in [6.07, 6.45) is 1.78. The van der Waals surface area contributed by atoms with Gasteiger partial charge in [-0.2, -0.15) is 0 Å². The molecule has 4 aromatic rings. The largest absolute Gasteiger partial charge is 0.339 e. The van der Waals surface area contributed by atoms with Gasteiger partial charge in [-0.05, 0) is 48.5 Å². The number of hydrogen-bond acceptors (Lipinski definition) is 3. The Balaban J connectivity index is 1.68. The molecule has 0 spiro atoms. The van der Waals surface area contributed by atoms with Gasteiger partial charge in [0.1, 0.15) is 5.69 Å². The third kappa shape index (κ3) is 4.43. The average Bonchev–Trinajstić information content (AvgIpc) is 3.13. The Morgan fingerprint density at radius 1 is 0.963 bits per heavy atom. The molecule has 2 aromatic carbocycles. The van der Waals surface area contributed by atoms with E-state index < -0.39 is 0 Å². The molecule has 4 rings (SSSR count). The van der Waals surface area contributed by atoms with Crippen LogP contribution in [0.2, 0.25) is 5.02 Å². The fraction of sp³-hybridized carbons (Fsp3) is 0.0476. The van der Waals surface area contributed by atoms with Gasteiger partial charge in [0, 0.05) is 31.9 Å². The van der Waals surface area contributed by atoms with Gasteiger partial charge in [0.25, 0.3) is 0 Å². The first-order valence-corrected chi connectivity index (χ1v) is 10.5. The van der Waals surface area contributed by atoms with Crippen LogP contribution in [0.5, 0.6) is 0 Å². The highest BCUT2D eigenvalue weighted by Crippen LogP contribution is 2.31. The maximum atomic E-state index is 5.98. The first-order valence-electron chi connectivity index (χ1n) is 8.33. The number of hydrogen-bond donors (Lipinski definition) is 1. The molecule has 0 amide bonds. The Morgan fingerprint density at radius 2 is 1.74 bits per heavy atom. The predicted molar refractivity (Wildman–Crippen MR) is 116 cm³/mol. The van der Waals surface area contributed by atoms with E-state index in [4.69, 9.17) is 16.6 Å². The summed E-state index contributed by atoms with van der Waals surface area (Å²) in [5, 5.41) is 0.744. The second-order valence-corrected chi connectivity index (χ2v) is 8.28. The van der Waals surface area contributed by atoms with Crippen molar-refractivity contribution in [1.82, 2.24) is 15.0 Å². The number of aromatic nitrogens is 3. The molecule has 0 unspecified atom stereocenters. The molecule has 3 nitrogen and oxygen atoms in total. The normalized spacial score (nSPS) is 10.9. The van der Waals surface area contributed by atoms with Gasteiger partial charge in [-0.25, -0.2) is 4.98 Å². The fourth-order valence-corrected chi connectivity index (χ4v) is 3.91. The highest BCUT2D eigenvalue weighted by Gasteiger charge is 2.14. The minimum atomic E-state index is 0.744. The average molecular weight is 457 g/mol. The summed E-state index contributed by atoms with van der Waals surface area (Å²) in [5.41, 5.74) is 3.92. The predicted octanol–water partition coefficient (Wildman–Crippen LogP) is 6.85. The first kappa shape index (κ1) is 18.3. The molecule has 2 aromatic heterocycles. The van der Waals surface area contributed by atoms with Gasteiger partial charge in [0.2, 0.25) is 0 Å². The van der Waals surface area contributed by atoms with E-state index in [1.165, 1.54) is 0 Å². The van der Waals surface area contributed by atoms with Crippen LogP contribution in [-0.2, 0) is 5.75 Å². The van der Waals surface area contributed by atoms with E-state index in [1.807, 2.05) is 54.6 Å². The van der Waals surface area contributed by atoms with Crippen LogP contribution in [0.15, 0.2) is 82.3 Å². The summed E-state index contributed by atoms with van der Waals surface area (Å²) in [4.78, 5) is 13.9. The third-order valence-electron chi connectivity index (χ3n) is 4.00. The van der Waals surface area contributed by atoms with Gasteiger partial charge in [-0.15, -0.1) is 11.8 Å². The molecule has 0 aliphatic rings. The van der Waals surface area contributed by atoms with E-state index >= 15 is 0 Å². The number of imidazole rings is 1. The number of pyridine rings is 1. The van der Waals surface area contributed by atoms with E-state index in [0.717, 1.165) is 48.6 Å². The number of nitrogens with zero attached hydrogens (tertiary/aromatic N) is 2. The van der Waals surface area contributed by atoms with Crippen LogP contribution in [-0.4, -0.2) is 15.0 Å². The van der Waals surface area contributed by atoms with E-state index in [1.54, 1.807) is 18.0 Å². The SMILES string of the molecule is Clc1ccc(SCc2[nH]c(-c3ccccn3)nc2-c2ccc(Br)cc2)cc1. The highest BCUT2D eigenvalue weighted by molar-refractivity contribution is 9.10. The Hall–Kier alpha value is -2.08. The van der Waals surface area contributed by atoms with Crippen LogP contribution in [0.25, 0.3) is 22.8 Å². The van der Waals surface area contributed by atoms with Gasteiger partial charge in [-0.3, -0.25) is 4.98 Å². The first-order chi connectivity index (χ1) is 13.2. The number of halogens is 2. The zero-order valence-corrected chi connectivity index (χ0v) is 17.4. The second-order valence-electron chi connectivity index (χ2n) is 5.88. The lowest BCUT2D eigenvalue weighted by molar-refractivity contribution is 1.19. The maximum absolute atomic E-state index is 5.98.